The third-order valence-electron chi connectivity index (χ3n) is 6.36. The molecule has 0 heterocycles. The molecule has 0 spiro atoms. The first-order valence-electron chi connectivity index (χ1n) is 10.2. The molecule has 0 unspecified atom stereocenters. The summed E-state index contributed by atoms with van der Waals surface area (Å²) in [6, 6.07) is 36.0. The van der Waals surface area contributed by atoms with Gasteiger partial charge in [0.1, 0.15) is 0 Å². The van der Waals surface area contributed by atoms with Gasteiger partial charge in [-0.3, -0.25) is 0 Å². The number of para-hydroxylation sites is 1. The second kappa shape index (κ2) is 6.75. The molecule has 0 aromatic heterocycles. The van der Waals surface area contributed by atoms with E-state index in [1.54, 1.807) is 0 Å². The van der Waals surface area contributed by atoms with Crippen LogP contribution in [-0.2, 0) is 0 Å². The molecule has 0 N–H and O–H groups in total. The zero-order valence-electron chi connectivity index (χ0n) is 17.2. The van der Waals surface area contributed by atoms with Gasteiger partial charge in [0.25, 0.3) is 0 Å². The van der Waals surface area contributed by atoms with Crippen molar-refractivity contribution < 1.29 is 0 Å². The van der Waals surface area contributed by atoms with Crippen LogP contribution in [0.5, 0.6) is 0 Å². The van der Waals surface area contributed by atoms with Crippen molar-refractivity contribution in [1.82, 2.24) is 0 Å². The maximum absolute atomic E-state index is 2.53. The van der Waals surface area contributed by atoms with Crippen molar-refractivity contribution in [3.8, 4) is 0 Å². The summed E-state index contributed by atoms with van der Waals surface area (Å²) >= 11 is 0. The number of benzene rings is 3. The van der Waals surface area contributed by atoms with Gasteiger partial charge < -0.3 is 4.90 Å². The maximum Gasteiger partial charge on any atom is 0.0602 e. The average molecular weight is 392 g/mol. The minimum atomic E-state index is -2.25. The fourth-order valence-corrected chi connectivity index (χ4v) is 9.38. The van der Waals surface area contributed by atoms with E-state index in [9.17, 15) is 0 Å². The van der Waals surface area contributed by atoms with E-state index >= 15 is 0 Å². The topological polar surface area (TPSA) is 3.24 Å². The Hall–Kier alpha value is -3.10. The van der Waals surface area contributed by atoms with E-state index in [0.29, 0.717) is 0 Å². The van der Waals surface area contributed by atoms with Crippen LogP contribution in [-0.4, -0.2) is 22.2 Å². The van der Waals surface area contributed by atoms with Crippen molar-refractivity contribution in [1.29, 1.82) is 0 Å². The number of hydrogen-bond acceptors (Lipinski definition) is 1. The molecule has 0 saturated heterocycles. The molecule has 0 saturated carbocycles. The first kappa shape index (κ1) is 18.0. The Bertz CT molecular complexity index is 1230. The number of anilines is 1. The normalized spacial score (nSPS) is 12.0. The molecule has 5 rings (SSSR count). The van der Waals surface area contributed by atoms with Crippen molar-refractivity contribution in [3.63, 3.8) is 0 Å². The Balaban J connectivity index is 1.90. The highest BCUT2D eigenvalue weighted by Gasteiger charge is 2.32. The Labute approximate surface area is 173 Å². The van der Waals surface area contributed by atoms with Crippen molar-refractivity contribution in [2.75, 3.05) is 19.0 Å². The third kappa shape index (κ3) is 2.67. The largest absolute Gasteiger partial charge is 0.378 e. The lowest BCUT2D eigenvalue weighted by atomic mass is 10.2. The molecule has 0 fully saturated rings. The highest BCUT2D eigenvalue weighted by molar-refractivity contribution is 7.13. The molecule has 0 aliphatic rings. The van der Waals surface area contributed by atoms with Gasteiger partial charge in [0.15, 0.2) is 0 Å². The van der Waals surface area contributed by atoms with Crippen LogP contribution in [0.3, 0.4) is 0 Å². The number of fused-ring (bicyclic) bond motifs is 2. The monoisotopic (exact) mass is 391 g/mol. The summed E-state index contributed by atoms with van der Waals surface area (Å²) in [6.07, 6.45) is 0. The molecule has 2 heteroatoms. The summed E-state index contributed by atoms with van der Waals surface area (Å²) in [5, 5.41) is 9.91. The van der Waals surface area contributed by atoms with Crippen molar-refractivity contribution >= 4 is 50.9 Å². The highest BCUT2D eigenvalue weighted by atomic mass is 28.3. The van der Waals surface area contributed by atoms with E-state index < -0.39 is 8.07 Å². The van der Waals surface area contributed by atoms with Crippen molar-refractivity contribution in [3.05, 3.63) is 97.1 Å². The van der Waals surface area contributed by atoms with Crippen LogP contribution in [0.4, 0.5) is 5.69 Å². The minimum absolute atomic E-state index is 1.32. The Kier molecular flexibility index (Phi) is 4.18. The van der Waals surface area contributed by atoms with Crippen LogP contribution in [0.25, 0.3) is 21.5 Å². The average Bonchev–Trinajstić information content (AvgIpc) is 3.38. The van der Waals surface area contributed by atoms with Crippen LogP contribution >= 0.6 is 0 Å². The molecule has 5 aromatic rings. The van der Waals surface area contributed by atoms with Gasteiger partial charge in [0.2, 0.25) is 0 Å². The zero-order valence-corrected chi connectivity index (χ0v) is 18.2. The van der Waals surface area contributed by atoms with Gasteiger partial charge in [-0.25, -0.2) is 0 Å². The maximum atomic E-state index is 2.53. The predicted molar refractivity (Wildman–Crippen MR) is 130 cm³/mol. The number of hydrogen-bond donors (Lipinski definition) is 0. The second-order valence-electron chi connectivity index (χ2n) is 8.21. The predicted octanol–water partition coefficient (Wildman–Crippen LogP) is 4.60. The van der Waals surface area contributed by atoms with Crippen LogP contribution in [0.2, 0.25) is 6.55 Å². The molecule has 0 aliphatic carbocycles. The lowest BCUT2D eigenvalue weighted by molar-refractivity contribution is 1.14. The van der Waals surface area contributed by atoms with E-state index in [-0.39, 0.29) is 0 Å². The van der Waals surface area contributed by atoms with Gasteiger partial charge in [-0.05, 0) is 11.3 Å². The van der Waals surface area contributed by atoms with Gasteiger partial charge >= 0.3 is 0 Å². The van der Waals surface area contributed by atoms with E-state index in [2.05, 4.69) is 123 Å². The summed E-state index contributed by atoms with van der Waals surface area (Å²) < 4.78 is 0. The third-order valence-corrected chi connectivity index (χ3v) is 10.9. The van der Waals surface area contributed by atoms with Gasteiger partial charge in [-0.1, -0.05) is 35.5 Å². The van der Waals surface area contributed by atoms with Crippen LogP contribution in [0.15, 0.2) is 97.1 Å². The molecule has 144 valence electrons. The smallest absolute Gasteiger partial charge is 0.0602 e. The van der Waals surface area contributed by atoms with Gasteiger partial charge in [-0.2, -0.15) is 12.1 Å². The number of nitrogens with zero attached hydrogens (tertiary/aromatic N) is 1. The molecule has 0 bridgehead atoms. The fraction of sp³-hybridized carbons (Fsp3) is 0.111. The standard InChI is InChI=1S/C27H25NSi/c1-28(2)24-14-8-9-15-27(24)29(3,25-18-16-20-10-4-6-12-22(20)25)26-19-17-21-11-5-7-13-23(21)26/h4-19H,1-3H3/q-2. The molecule has 0 atom stereocenters. The Morgan fingerprint density at radius 3 is 1.66 bits per heavy atom. The molecule has 0 radical (unpaired) electrons. The molecular weight excluding hydrogens is 366 g/mol. The molecule has 0 amide bonds. The summed E-state index contributed by atoms with van der Waals surface area (Å²) in [5.41, 5.74) is 1.32. The Morgan fingerprint density at radius 2 is 1.10 bits per heavy atom. The summed E-state index contributed by atoms with van der Waals surface area (Å²) in [4.78, 5) is 2.26. The van der Waals surface area contributed by atoms with Gasteiger partial charge in [0.05, 0.1) is 8.07 Å². The first-order valence-corrected chi connectivity index (χ1v) is 12.7. The zero-order chi connectivity index (χ0) is 20.0. The molecule has 5 aromatic carbocycles. The molecule has 29 heavy (non-hydrogen) atoms. The Morgan fingerprint density at radius 1 is 0.586 bits per heavy atom. The molecule has 1 nitrogen and oxygen atoms in total. The highest BCUT2D eigenvalue weighted by Crippen LogP contribution is 2.24. The quantitative estimate of drug-likeness (QED) is 0.320. The second-order valence-corrected chi connectivity index (χ2v) is 12.1. The van der Waals surface area contributed by atoms with E-state index in [4.69, 9.17) is 0 Å². The first-order chi connectivity index (χ1) is 14.1. The summed E-state index contributed by atoms with van der Waals surface area (Å²) in [6.45, 7) is 2.53. The van der Waals surface area contributed by atoms with Crippen LogP contribution < -0.4 is 20.5 Å². The fourth-order valence-electron chi connectivity index (χ4n) is 4.89. The van der Waals surface area contributed by atoms with E-state index in [1.807, 2.05) is 0 Å². The van der Waals surface area contributed by atoms with Crippen LogP contribution in [0, 0.1) is 0 Å². The molecule has 0 aliphatic heterocycles. The minimum Gasteiger partial charge on any atom is -0.378 e. The lowest BCUT2D eigenvalue weighted by Crippen LogP contribution is -2.65. The summed E-state index contributed by atoms with van der Waals surface area (Å²) in [7, 11) is 2.05. The van der Waals surface area contributed by atoms with Crippen molar-refractivity contribution in [2.24, 2.45) is 0 Å². The number of rotatable bonds is 4. The van der Waals surface area contributed by atoms with Crippen molar-refractivity contribution in [2.45, 2.75) is 6.55 Å². The van der Waals surface area contributed by atoms with E-state index in [0.717, 1.165) is 0 Å². The van der Waals surface area contributed by atoms with Crippen LogP contribution in [0.1, 0.15) is 0 Å². The lowest BCUT2D eigenvalue weighted by Gasteiger charge is -2.39. The van der Waals surface area contributed by atoms with Gasteiger partial charge in [0, 0.05) is 19.8 Å². The van der Waals surface area contributed by atoms with Gasteiger partial charge in [-0.15, -0.1) is 81.8 Å². The van der Waals surface area contributed by atoms with E-state index in [1.165, 1.54) is 42.8 Å². The molecular formula is C27H25NSi-2. The summed E-state index contributed by atoms with van der Waals surface area (Å²) in [5.74, 6) is 0. The SMILES string of the molecule is CN(C)c1ccccc1[Si](C)(c1cc[c-]2ccccc12)c1cc[c-]2ccccc12.